The van der Waals surface area contributed by atoms with Gasteiger partial charge in [-0.1, -0.05) is 0 Å². The number of amides is 1. The van der Waals surface area contributed by atoms with Gasteiger partial charge in [-0.25, -0.2) is 9.78 Å². The molecule has 0 aliphatic carbocycles. The minimum atomic E-state index is -0.507. The Balaban J connectivity index is 1.93. The molecule has 1 amide bonds. The zero-order valence-corrected chi connectivity index (χ0v) is 15.6. The topological polar surface area (TPSA) is 75.6 Å². The third-order valence-electron chi connectivity index (χ3n) is 4.04. The molecule has 1 aromatic rings. The monoisotopic (exact) mass is 348 g/mol. The fraction of sp³-hybridized carbons (Fsp3) is 0.667. The Kier molecular flexibility index (Phi) is 6.47. The summed E-state index contributed by atoms with van der Waals surface area (Å²) in [7, 11) is 1.89. The van der Waals surface area contributed by atoms with Gasteiger partial charge < -0.3 is 9.64 Å². The van der Waals surface area contributed by atoms with E-state index < -0.39 is 5.60 Å². The molecule has 0 bridgehead atoms. The first-order valence-electron chi connectivity index (χ1n) is 8.73. The van der Waals surface area contributed by atoms with E-state index in [0.29, 0.717) is 18.8 Å². The number of carbonyl (C=O) groups excluding carboxylic acids is 2. The van der Waals surface area contributed by atoms with Crippen LogP contribution in [0.2, 0.25) is 0 Å². The molecule has 138 valence electrons. The van der Waals surface area contributed by atoms with Crippen molar-refractivity contribution < 1.29 is 14.3 Å². The van der Waals surface area contributed by atoms with E-state index >= 15 is 0 Å². The number of Topliss-reactive ketones (excluding diaryl/α,β-unsaturated/α-hetero) is 1. The molecule has 0 N–H and O–H groups in total. The van der Waals surface area contributed by atoms with Crippen molar-refractivity contribution in [1.82, 2.24) is 19.8 Å². The van der Waals surface area contributed by atoms with Gasteiger partial charge in [0.05, 0.1) is 12.7 Å². The van der Waals surface area contributed by atoms with Crippen molar-refractivity contribution in [2.75, 3.05) is 26.7 Å². The molecule has 0 aromatic carbocycles. The van der Waals surface area contributed by atoms with E-state index in [0.717, 1.165) is 19.3 Å². The highest BCUT2D eigenvalue weighted by molar-refractivity contribution is 5.95. The molecular weight excluding hydrogens is 320 g/mol. The van der Waals surface area contributed by atoms with Gasteiger partial charge in [-0.05, 0) is 47.1 Å². The molecule has 1 aliphatic rings. The van der Waals surface area contributed by atoms with Crippen molar-refractivity contribution in [3.8, 4) is 0 Å². The van der Waals surface area contributed by atoms with Gasteiger partial charge >= 0.3 is 6.09 Å². The van der Waals surface area contributed by atoms with E-state index in [1.54, 1.807) is 11.1 Å². The molecule has 7 heteroatoms. The third-order valence-corrected chi connectivity index (χ3v) is 4.04. The van der Waals surface area contributed by atoms with Crippen molar-refractivity contribution in [2.24, 2.45) is 0 Å². The lowest BCUT2D eigenvalue weighted by Crippen LogP contribution is -2.50. The molecule has 1 atom stereocenters. The van der Waals surface area contributed by atoms with Crippen LogP contribution in [0.5, 0.6) is 0 Å². The average Bonchev–Trinajstić information content (AvgIpc) is 2.54. The summed E-state index contributed by atoms with van der Waals surface area (Å²) in [6.07, 6.45) is 7.24. The second-order valence-corrected chi connectivity index (χ2v) is 7.53. The normalized spacial score (nSPS) is 18.3. The Morgan fingerprint density at radius 1 is 1.32 bits per heavy atom. The lowest BCUT2D eigenvalue weighted by molar-refractivity contribution is 0.00638. The van der Waals surface area contributed by atoms with Crippen LogP contribution in [0.4, 0.5) is 4.79 Å². The van der Waals surface area contributed by atoms with Gasteiger partial charge in [0.15, 0.2) is 5.78 Å². The summed E-state index contributed by atoms with van der Waals surface area (Å²) in [6, 6.07) is 0.0586. The highest BCUT2D eigenvalue weighted by Gasteiger charge is 2.31. The predicted octanol–water partition coefficient (Wildman–Crippen LogP) is 2.38. The molecule has 1 saturated heterocycles. The van der Waals surface area contributed by atoms with Crippen LogP contribution in [0.25, 0.3) is 0 Å². The SMILES string of the molecule is CN(CC(=O)c1cnccn1)CC1CCCCN1C(=O)OC(C)(C)C. The number of hydrogen-bond donors (Lipinski definition) is 0. The molecule has 7 nitrogen and oxygen atoms in total. The quantitative estimate of drug-likeness (QED) is 0.761. The van der Waals surface area contributed by atoms with E-state index in [4.69, 9.17) is 4.74 Å². The Morgan fingerprint density at radius 3 is 2.72 bits per heavy atom. The minimum absolute atomic E-state index is 0.0586. The van der Waals surface area contributed by atoms with E-state index in [-0.39, 0.29) is 24.5 Å². The number of ketones is 1. The second-order valence-electron chi connectivity index (χ2n) is 7.53. The molecule has 2 heterocycles. The molecule has 0 saturated carbocycles. The van der Waals surface area contributed by atoms with Crippen molar-refractivity contribution in [1.29, 1.82) is 0 Å². The van der Waals surface area contributed by atoms with Crippen LogP contribution in [0.1, 0.15) is 50.5 Å². The van der Waals surface area contributed by atoms with E-state index in [9.17, 15) is 9.59 Å². The van der Waals surface area contributed by atoms with Gasteiger partial charge in [0, 0.05) is 31.5 Å². The number of likely N-dealkylation sites (N-methyl/N-ethyl adjacent to an activating group) is 1. The standard InChI is InChI=1S/C18H28N4O3/c1-18(2,3)25-17(24)22-10-6-5-7-14(22)12-21(4)13-16(23)15-11-19-8-9-20-15/h8-9,11,14H,5-7,10,12-13H2,1-4H3. The summed E-state index contributed by atoms with van der Waals surface area (Å²) in [5.41, 5.74) is -0.144. The van der Waals surface area contributed by atoms with E-state index in [2.05, 4.69) is 9.97 Å². The van der Waals surface area contributed by atoms with Crippen molar-refractivity contribution in [2.45, 2.75) is 51.7 Å². The van der Waals surface area contributed by atoms with Gasteiger partial charge in [-0.3, -0.25) is 14.7 Å². The Morgan fingerprint density at radius 2 is 2.08 bits per heavy atom. The Labute approximate surface area is 149 Å². The number of piperidine rings is 1. The second kappa shape index (κ2) is 8.38. The van der Waals surface area contributed by atoms with Crippen LogP contribution in [0, 0.1) is 0 Å². The number of aromatic nitrogens is 2. The summed E-state index contributed by atoms with van der Waals surface area (Å²) < 4.78 is 5.52. The fourth-order valence-electron chi connectivity index (χ4n) is 2.94. The smallest absolute Gasteiger partial charge is 0.410 e. The number of rotatable bonds is 5. The molecule has 1 aromatic heterocycles. The number of carbonyl (C=O) groups is 2. The zero-order chi connectivity index (χ0) is 18.4. The van der Waals surface area contributed by atoms with Crippen molar-refractivity contribution >= 4 is 11.9 Å². The number of ether oxygens (including phenoxy) is 1. The third kappa shape index (κ3) is 6.08. The van der Waals surface area contributed by atoms with Crippen LogP contribution in [-0.4, -0.2) is 70.0 Å². The fourth-order valence-corrected chi connectivity index (χ4v) is 2.94. The molecule has 1 unspecified atom stereocenters. The molecule has 1 aliphatic heterocycles. The summed E-state index contributed by atoms with van der Waals surface area (Å²) in [4.78, 5) is 36.4. The molecule has 1 fully saturated rings. The molecular formula is C18H28N4O3. The maximum absolute atomic E-state index is 12.4. The highest BCUT2D eigenvalue weighted by atomic mass is 16.6. The first-order chi connectivity index (χ1) is 11.8. The average molecular weight is 348 g/mol. The van der Waals surface area contributed by atoms with Gasteiger partial charge in [0.2, 0.25) is 0 Å². The Hall–Kier alpha value is -2.02. The van der Waals surface area contributed by atoms with Crippen LogP contribution in [0.3, 0.4) is 0 Å². The number of hydrogen-bond acceptors (Lipinski definition) is 6. The van der Waals surface area contributed by atoms with Gasteiger partial charge in [-0.15, -0.1) is 0 Å². The molecule has 25 heavy (non-hydrogen) atoms. The summed E-state index contributed by atoms with van der Waals surface area (Å²) in [5, 5.41) is 0. The number of likely N-dealkylation sites (tertiary alicyclic amines) is 1. The molecule has 0 spiro atoms. The van der Waals surface area contributed by atoms with Crippen molar-refractivity contribution in [3.63, 3.8) is 0 Å². The van der Waals surface area contributed by atoms with Crippen LogP contribution >= 0.6 is 0 Å². The zero-order valence-electron chi connectivity index (χ0n) is 15.6. The maximum Gasteiger partial charge on any atom is 0.410 e. The molecule has 0 radical (unpaired) electrons. The predicted molar refractivity (Wildman–Crippen MR) is 94.4 cm³/mol. The maximum atomic E-state index is 12.4. The van der Waals surface area contributed by atoms with Gasteiger partial charge in [-0.2, -0.15) is 0 Å². The summed E-state index contributed by atoms with van der Waals surface area (Å²) in [6.45, 7) is 7.19. The van der Waals surface area contributed by atoms with Gasteiger partial charge in [0.25, 0.3) is 0 Å². The lowest BCUT2D eigenvalue weighted by atomic mass is 10.0. The van der Waals surface area contributed by atoms with Crippen molar-refractivity contribution in [3.05, 3.63) is 24.3 Å². The first kappa shape index (κ1) is 19.3. The largest absolute Gasteiger partial charge is 0.444 e. The number of nitrogens with zero attached hydrogens (tertiary/aromatic N) is 4. The summed E-state index contributed by atoms with van der Waals surface area (Å²) in [5.74, 6) is -0.0739. The highest BCUT2D eigenvalue weighted by Crippen LogP contribution is 2.21. The van der Waals surface area contributed by atoms with Crippen LogP contribution < -0.4 is 0 Å². The first-order valence-corrected chi connectivity index (χ1v) is 8.73. The van der Waals surface area contributed by atoms with Crippen LogP contribution in [0.15, 0.2) is 18.6 Å². The minimum Gasteiger partial charge on any atom is -0.444 e. The summed E-state index contributed by atoms with van der Waals surface area (Å²) >= 11 is 0. The Bertz CT molecular complexity index is 586. The van der Waals surface area contributed by atoms with E-state index in [1.807, 2.05) is 32.7 Å². The molecule has 2 rings (SSSR count). The van der Waals surface area contributed by atoms with Crippen LogP contribution in [-0.2, 0) is 4.74 Å². The lowest BCUT2D eigenvalue weighted by Gasteiger charge is -2.38. The van der Waals surface area contributed by atoms with Gasteiger partial charge in [0.1, 0.15) is 11.3 Å². The van der Waals surface area contributed by atoms with E-state index in [1.165, 1.54) is 12.4 Å².